The van der Waals surface area contributed by atoms with Crippen LogP contribution in [0.5, 0.6) is 0 Å². The minimum absolute atomic E-state index is 0.275. The van der Waals surface area contributed by atoms with Crippen LogP contribution in [-0.2, 0) is 16.1 Å². The molecule has 2 fully saturated rings. The predicted octanol–water partition coefficient (Wildman–Crippen LogP) is 2.58. The molecule has 23 heavy (non-hydrogen) atoms. The summed E-state index contributed by atoms with van der Waals surface area (Å²) < 4.78 is 5.19. The lowest BCUT2D eigenvalue weighted by molar-refractivity contribution is -0.133. The molecule has 2 aliphatic rings. The molecule has 0 saturated carbocycles. The second-order valence-electron chi connectivity index (χ2n) is 6.97. The molecule has 3 rings (SSSR count). The summed E-state index contributed by atoms with van der Waals surface area (Å²) in [7, 11) is 1.69. The molecule has 0 spiro atoms. The molecule has 1 amide bonds. The van der Waals surface area contributed by atoms with Gasteiger partial charge < -0.3 is 15.0 Å². The molecule has 4 heteroatoms. The smallest absolute Gasteiger partial charge is 0.223 e. The molecule has 0 radical (unpaired) electrons. The Kier molecular flexibility index (Phi) is 5.68. The Balaban J connectivity index is 1.58. The van der Waals surface area contributed by atoms with Gasteiger partial charge >= 0.3 is 0 Å². The quantitative estimate of drug-likeness (QED) is 0.840. The molecule has 1 N–H and O–H groups in total. The topological polar surface area (TPSA) is 41.6 Å². The predicted molar refractivity (Wildman–Crippen MR) is 91.0 cm³/mol. The summed E-state index contributed by atoms with van der Waals surface area (Å²) in [5.74, 6) is 0.819. The average Bonchev–Trinajstić information content (AvgIpc) is 2.91. The Labute approximate surface area is 139 Å². The van der Waals surface area contributed by atoms with Gasteiger partial charge in [0.15, 0.2) is 0 Å². The van der Waals surface area contributed by atoms with Gasteiger partial charge in [-0.25, -0.2) is 0 Å². The summed E-state index contributed by atoms with van der Waals surface area (Å²) in [5, 5.41) is 3.65. The fraction of sp³-hybridized carbons (Fsp3) is 0.632. The molecule has 126 valence electrons. The van der Waals surface area contributed by atoms with Gasteiger partial charge in [-0.2, -0.15) is 0 Å². The maximum Gasteiger partial charge on any atom is 0.223 e. The number of methoxy groups -OCH3 is 1. The average molecular weight is 316 g/mol. The van der Waals surface area contributed by atoms with E-state index in [0.717, 1.165) is 12.8 Å². The Bertz CT molecular complexity index is 493. The lowest BCUT2D eigenvalue weighted by Crippen LogP contribution is -2.41. The van der Waals surface area contributed by atoms with Gasteiger partial charge in [-0.3, -0.25) is 4.79 Å². The maximum absolute atomic E-state index is 12.8. The zero-order valence-corrected chi connectivity index (χ0v) is 14.0. The van der Waals surface area contributed by atoms with E-state index in [0.29, 0.717) is 44.1 Å². The lowest BCUT2D eigenvalue weighted by atomic mass is 9.89. The van der Waals surface area contributed by atoms with Crippen LogP contribution in [0.2, 0.25) is 0 Å². The molecule has 2 heterocycles. The summed E-state index contributed by atoms with van der Waals surface area (Å²) in [6.07, 6.45) is 5.57. The zero-order chi connectivity index (χ0) is 16.1. The van der Waals surface area contributed by atoms with Crippen LogP contribution in [0.3, 0.4) is 0 Å². The number of piperidine rings is 1. The minimum atomic E-state index is 0.275. The molecule has 0 aliphatic carbocycles. The van der Waals surface area contributed by atoms with Crippen molar-refractivity contribution in [3.63, 3.8) is 0 Å². The molecule has 1 aromatic carbocycles. The third-order valence-electron chi connectivity index (χ3n) is 5.17. The Hall–Kier alpha value is -1.39. The van der Waals surface area contributed by atoms with E-state index in [4.69, 9.17) is 4.74 Å². The van der Waals surface area contributed by atoms with Crippen molar-refractivity contribution in [2.45, 2.75) is 50.7 Å². The van der Waals surface area contributed by atoms with Gasteiger partial charge in [0, 0.05) is 38.7 Å². The van der Waals surface area contributed by atoms with Crippen molar-refractivity contribution < 1.29 is 9.53 Å². The minimum Gasteiger partial charge on any atom is -0.383 e. The van der Waals surface area contributed by atoms with E-state index in [1.54, 1.807) is 7.11 Å². The number of amides is 1. The molecular weight excluding hydrogens is 288 g/mol. The first-order valence-electron chi connectivity index (χ1n) is 8.81. The van der Waals surface area contributed by atoms with Crippen LogP contribution in [-0.4, -0.2) is 43.2 Å². The number of rotatable bonds is 7. The number of nitrogens with zero attached hydrogens (tertiary/aromatic N) is 1. The van der Waals surface area contributed by atoms with E-state index in [1.165, 1.54) is 18.4 Å². The number of nitrogens with one attached hydrogen (secondary N) is 1. The normalized spacial score (nSPS) is 26.2. The third-order valence-corrected chi connectivity index (χ3v) is 5.17. The second-order valence-corrected chi connectivity index (χ2v) is 6.97. The highest BCUT2D eigenvalue weighted by atomic mass is 16.5. The summed E-state index contributed by atoms with van der Waals surface area (Å²) in [6, 6.07) is 11.5. The van der Waals surface area contributed by atoms with Crippen LogP contribution < -0.4 is 5.32 Å². The van der Waals surface area contributed by atoms with E-state index in [1.807, 2.05) is 23.1 Å². The van der Waals surface area contributed by atoms with Crippen molar-refractivity contribution in [3.05, 3.63) is 35.9 Å². The highest BCUT2D eigenvalue weighted by Gasteiger charge is 2.34. The fourth-order valence-corrected chi connectivity index (χ4v) is 4.02. The van der Waals surface area contributed by atoms with Crippen molar-refractivity contribution in [1.82, 2.24) is 10.2 Å². The number of benzene rings is 1. The van der Waals surface area contributed by atoms with Crippen molar-refractivity contribution in [2.75, 3.05) is 20.3 Å². The number of carbonyl (C=O) groups excluding carboxylic acids is 1. The third kappa shape index (κ3) is 4.55. The molecule has 2 atom stereocenters. The molecular formula is C19H28N2O2. The highest BCUT2D eigenvalue weighted by Crippen LogP contribution is 2.33. The number of ether oxygens (including phenoxy) is 1. The van der Waals surface area contributed by atoms with E-state index < -0.39 is 0 Å². The molecule has 1 aromatic rings. The Morgan fingerprint density at radius 3 is 2.57 bits per heavy atom. The van der Waals surface area contributed by atoms with Crippen LogP contribution in [0, 0.1) is 5.92 Å². The largest absolute Gasteiger partial charge is 0.383 e. The first-order valence-corrected chi connectivity index (χ1v) is 8.81. The summed E-state index contributed by atoms with van der Waals surface area (Å²) in [4.78, 5) is 14.8. The standard InChI is InChI=1S/C19H28N2O2/c1-23-10-9-21(14-15-5-3-2-4-6-15)19(22)13-16-11-17-7-8-18(12-16)20-17/h2-6,16-18,20H,7-14H2,1H3. The first kappa shape index (κ1) is 16.5. The monoisotopic (exact) mass is 316 g/mol. The molecule has 2 unspecified atom stereocenters. The van der Waals surface area contributed by atoms with Gasteiger partial charge in [-0.15, -0.1) is 0 Å². The van der Waals surface area contributed by atoms with E-state index >= 15 is 0 Å². The molecule has 2 aliphatic heterocycles. The highest BCUT2D eigenvalue weighted by molar-refractivity contribution is 5.76. The van der Waals surface area contributed by atoms with Crippen molar-refractivity contribution in [3.8, 4) is 0 Å². The van der Waals surface area contributed by atoms with Gasteiger partial charge in [0.1, 0.15) is 0 Å². The summed E-state index contributed by atoms with van der Waals surface area (Å²) >= 11 is 0. The van der Waals surface area contributed by atoms with Crippen LogP contribution in [0.4, 0.5) is 0 Å². The SMILES string of the molecule is COCCN(Cc1ccccc1)C(=O)CC1CC2CCC(C1)N2. The summed E-state index contributed by atoms with van der Waals surface area (Å²) in [6.45, 7) is 1.94. The number of fused-ring (bicyclic) bond motifs is 2. The number of hydrogen-bond donors (Lipinski definition) is 1. The van der Waals surface area contributed by atoms with Gasteiger partial charge in [0.2, 0.25) is 5.91 Å². The van der Waals surface area contributed by atoms with Gasteiger partial charge in [-0.05, 0) is 37.2 Å². The van der Waals surface area contributed by atoms with E-state index in [-0.39, 0.29) is 5.91 Å². The molecule has 2 bridgehead atoms. The summed E-state index contributed by atoms with van der Waals surface area (Å²) in [5.41, 5.74) is 1.18. The van der Waals surface area contributed by atoms with E-state index in [9.17, 15) is 4.79 Å². The second kappa shape index (κ2) is 7.93. The van der Waals surface area contributed by atoms with E-state index in [2.05, 4.69) is 17.4 Å². The number of hydrogen-bond acceptors (Lipinski definition) is 3. The maximum atomic E-state index is 12.8. The lowest BCUT2D eigenvalue weighted by Gasteiger charge is -2.31. The first-order chi connectivity index (χ1) is 11.2. The van der Waals surface area contributed by atoms with Gasteiger partial charge in [-0.1, -0.05) is 30.3 Å². The van der Waals surface area contributed by atoms with Crippen LogP contribution >= 0.6 is 0 Å². The van der Waals surface area contributed by atoms with Gasteiger partial charge in [0.05, 0.1) is 6.61 Å². The van der Waals surface area contributed by atoms with Crippen molar-refractivity contribution in [2.24, 2.45) is 5.92 Å². The van der Waals surface area contributed by atoms with Gasteiger partial charge in [0.25, 0.3) is 0 Å². The fourth-order valence-electron chi connectivity index (χ4n) is 4.02. The molecule has 2 saturated heterocycles. The zero-order valence-electron chi connectivity index (χ0n) is 14.0. The van der Waals surface area contributed by atoms with Crippen LogP contribution in [0.25, 0.3) is 0 Å². The Morgan fingerprint density at radius 1 is 1.22 bits per heavy atom. The number of carbonyl (C=O) groups is 1. The van der Waals surface area contributed by atoms with Crippen LogP contribution in [0.1, 0.15) is 37.7 Å². The van der Waals surface area contributed by atoms with Crippen molar-refractivity contribution in [1.29, 1.82) is 0 Å². The molecule has 4 nitrogen and oxygen atoms in total. The molecule has 0 aromatic heterocycles. The van der Waals surface area contributed by atoms with Crippen molar-refractivity contribution >= 4 is 5.91 Å². The van der Waals surface area contributed by atoms with Crippen LogP contribution in [0.15, 0.2) is 30.3 Å². The Morgan fingerprint density at radius 2 is 1.91 bits per heavy atom.